The van der Waals surface area contributed by atoms with Gasteiger partial charge < -0.3 is 14.8 Å². The maximum atomic E-state index is 12.4. The molecule has 0 saturated carbocycles. The van der Waals surface area contributed by atoms with Crippen molar-refractivity contribution in [1.82, 2.24) is 10.3 Å². The van der Waals surface area contributed by atoms with E-state index in [0.717, 1.165) is 22.4 Å². The Hall–Kier alpha value is -3.65. The Morgan fingerprint density at radius 3 is 2.50 bits per heavy atom. The second-order valence-corrected chi connectivity index (χ2v) is 7.87. The smallest absolute Gasteiger partial charge is 0.250 e. The number of benzene rings is 2. The van der Waals surface area contributed by atoms with Crippen molar-refractivity contribution < 1.29 is 19.1 Å². The lowest BCUT2D eigenvalue weighted by Crippen LogP contribution is -2.23. The van der Waals surface area contributed by atoms with Crippen molar-refractivity contribution in [2.75, 3.05) is 19.5 Å². The zero-order valence-corrected chi connectivity index (χ0v) is 19.2. The number of ether oxygens (including phenoxy) is 2. The van der Waals surface area contributed by atoms with Gasteiger partial charge in [0.05, 0.1) is 26.0 Å². The molecule has 0 saturated heterocycles. The van der Waals surface area contributed by atoms with Gasteiger partial charge in [-0.2, -0.15) is 0 Å². The van der Waals surface area contributed by atoms with E-state index in [1.165, 1.54) is 24.3 Å². The predicted molar refractivity (Wildman–Crippen MR) is 127 cm³/mol. The molecule has 3 aromatic rings. The summed E-state index contributed by atoms with van der Waals surface area (Å²) in [6.45, 7) is 3.43. The number of hydrogen-bond donors (Lipinski definition) is 2. The summed E-state index contributed by atoms with van der Waals surface area (Å²) < 4.78 is 10.5. The summed E-state index contributed by atoms with van der Waals surface area (Å²) in [6, 6.07) is 13.1. The van der Waals surface area contributed by atoms with Crippen LogP contribution in [0.2, 0.25) is 0 Å². The van der Waals surface area contributed by atoms with Crippen molar-refractivity contribution in [2.45, 2.75) is 19.9 Å². The van der Waals surface area contributed by atoms with E-state index in [-0.39, 0.29) is 17.9 Å². The number of carbonyl (C=O) groups excluding carboxylic acids is 2. The Morgan fingerprint density at radius 1 is 1.09 bits per heavy atom. The van der Waals surface area contributed by atoms with Gasteiger partial charge in [0.25, 0.3) is 0 Å². The van der Waals surface area contributed by atoms with Crippen molar-refractivity contribution in [3.8, 4) is 22.8 Å². The number of anilines is 1. The Kier molecular flexibility index (Phi) is 7.62. The molecule has 2 N–H and O–H groups in total. The zero-order chi connectivity index (χ0) is 23.1. The fraction of sp³-hybridized carbons (Fsp3) is 0.208. The Balaban J connectivity index is 1.66. The normalized spacial score (nSPS) is 11.8. The van der Waals surface area contributed by atoms with Crippen LogP contribution < -0.4 is 20.1 Å². The third-order valence-corrected chi connectivity index (χ3v) is 5.47. The van der Waals surface area contributed by atoms with Crippen LogP contribution in [-0.2, 0) is 9.59 Å². The SMILES string of the molecule is COc1ccc(OC)c(/C=C/C(=O)Nc2nc(-c3ccc(C(C)NC(C)=O)cc3)cs2)c1. The molecule has 166 valence electrons. The average Bonchev–Trinajstić information content (AvgIpc) is 3.25. The molecular formula is C24H25N3O4S. The highest BCUT2D eigenvalue weighted by Gasteiger charge is 2.10. The van der Waals surface area contributed by atoms with Gasteiger partial charge in [-0.05, 0) is 36.8 Å². The van der Waals surface area contributed by atoms with E-state index in [4.69, 9.17) is 9.47 Å². The summed E-state index contributed by atoms with van der Waals surface area (Å²) in [4.78, 5) is 28.1. The van der Waals surface area contributed by atoms with Crippen molar-refractivity contribution >= 4 is 34.4 Å². The monoisotopic (exact) mass is 451 g/mol. The number of nitrogens with zero attached hydrogens (tertiary/aromatic N) is 1. The Labute approximate surface area is 191 Å². The molecule has 32 heavy (non-hydrogen) atoms. The van der Waals surface area contributed by atoms with Crippen LogP contribution in [0.3, 0.4) is 0 Å². The number of methoxy groups -OCH3 is 2. The molecule has 3 rings (SSSR count). The molecule has 2 aromatic carbocycles. The summed E-state index contributed by atoms with van der Waals surface area (Å²) in [5.41, 5.74) is 3.43. The van der Waals surface area contributed by atoms with Gasteiger partial charge in [0.1, 0.15) is 11.5 Å². The van der Waals surface area contributed by atoms with E-state index in [0.29, 0.717) is 16.6 Å². The molecule has 1 unspecified atom stereocenters. The van der Waals surface area contributed by atoms with Crippen LogP contribution in [0.4, 0.5) is 5.13 Å². The topological polar surface area (TPSA) is 89.6 Å². The van der Waals surface area contributed by atoms with Gasteiger partial charge in [0.2, 0.25) is 11.8 Å². The molecule has 0 radical (unpaired) electrons. The third-order valence-electron chi connectivity index (χ3n) is 4.71. The number of carbonyl (C=O) groups is 2. The molecule has 0 aliphatic heterocycles. The molecule has 1 atom stereocenters. The van der Waals surface area contributed by atoms with Gasteiger partial charge in [0, 0.05) is 29.5 Å². The van der Waals surface area contributed by atoms with Gasteiger partial charge in [-0.1, -0.05) is 24.3 Å². The van der Waals surface area contributed by atoms with Crippen molar-refractivity contribution in [3.05, 3.63) is 65.0 Å². The predicted octanol–water partition coefficient (Wildman–Crippen LogP) is 4.68. The van der Waals surface area contributed by atoms with Gasteiger partial charge in [-0.3, -0.25) is 14.9 Å². The lowest BCUT2D eigenvalue weighted by atomic mass is 10.1. The second kappa shape index (κ2) is 10.6. The minimum Gasteiger partial charge on any atom is -0.497 e. The maximum absolute atomic E-state index is 12.4. The quantitative estimate of drug-likeness (QED) is 0.486. The molecule has 1 heterocycles. The first-order chi connectivity index (χ1) is 15.4. The molecule has 1 aromatic heterocycles. The van der Waals surface area contributed by atoms with Crippen LogP contribution in [0, 0.1) is 0 Å². The number of nitrogens with one attached hydrogen (secondary N) is 2. The van der Waals surface area contributed by atoms with Gasteiger partial charge in [-0.15, -0.1) is 11.3 Å². The van der Waals surface area contributed by atoms with E-state index in [2.05, 4.69) is 15.6 Å². The summed E-state index contributed by atoms with van der Waals surface area (Å²) in [5, 5.41) is 8.03. The molecule has 8 heteroatoms. The van der Waals surface area contributed by atoms with Crippen molar-refractivity contribution in [1.29, 1.82) is 0 Å². The molecule has 0 aliphatic carbocycles. The van der Waals surface area contributed by atoms with E-state index in [9.17, 15) is 9.59 Å². The molecular weight excluding hydrogens is 426 g/mol. The summed E-state index contributed by atoms with van der Waals surface area (Å²) in [6.07, 6.45) is 3.09. The van der Waals surface area contributed by atoms with Crippen LogP contribution in [-0.4, -0.2) is 31.0 Å². The number of amides is 2. The van der Waals surface area contributed by atoms with Gasteiger partial charge >= 0.3 is 0 Å². The lowest BCUT2D eigenvalue weighted by Gasteiger charge is -2.12. The number of rotatable bonds is 8. The van der Waals surface area contributed by atoms with Crippen LogP contribution in [0.5, 0.6) is 11.5 Å². The lowest BCUT2D eigenvalue weighted by molar-refractivity contribution is -0.119. The highest BCUT2D eigenvalue weighted by molar-refractivity contribution is 7.14. The van der Waals surface area contributed by atoms with Crippen molar-refractivity contribution in [3.63, 3.8) is 0 Å². The molecule has 2 amide bonds. The van der Waals surface area contributed by atoms with Crippen molar-refractivity contribution in [2.24, 2.45) is 0 Å². The highest BCUT2D eigenvalue weighted by Crippen LogP contribution is 2.27. The first kappa shape index (κ1) is 23.0. The van der Waals surface area contributed by atoms with Crippen LogP contribution in [0.25, 0.3) is 17.3 Å². The van der Waals surface area contributed by atoms with E-state index >= 15 is 0 Å². The molecule has 0 fully saturated rings. The summed E-state index contributed by atoms with van der Waals surface area (Å²) >= 11 is 1.35. The molecule has 0 spiro atoms. The second-order valence-electron chi connectivity index (χ2n) is 7.01. The maximum Gasteiger partial charge on any atom is 0.250 e. The number of hydrogen-bond acceptors (Lipinski definition) is 6. The first-order valence-electron chi connectivity index (χ1n) is 9.93. The van der Waals surface area contributed by atoms with Gasteiger partial charge in [-0.25, -0.2) is 4.98 Å². The summed E-state index contributed by atoms with van der Waals surface area (Å²) in [7, 11) is 3.16. The Morgan fingerprint density at radius 2 is 1.84 bits per heavy atom. The zero-order valence-electron chi connectivity index (χ0n) is 18.3. The molecule has 0 aliphatic rings. The standard InChI is InChI=1S/C24H25N3O4S/c1-15(25-16(2)28)17-5-7-18(8-6-17)21-14-32-24(26-21)27-23(29)12-9-19-13-20(30-3)10-11-22(19)31-4/h5-15H,1-4H3,(H,25,28)(H,26,27,29)/b12-9+. The van der Waals surface area contributed by atoms with E-state index < -0.39 is 0 Å². The molecule has 0 bridgehead atoms. The minimum atomic E-state index is -0.296. The van der Waals surface area contributed by atoms with Crippen LogP contribution >= 0.6 is 11.3 Å². The minimum absolute atomic E-state index is 0.0678. The fourth-order valence-corrected chi connectivity index (χ4v) is 3.80. The summed E-state index contributed by atoms with van der Waals surface area (Å²) in [5.74, 6) is 0.950. The highest BCUT2D eigenvalue weighted by atomic mass is 32.1. The fourth-order valence-electron chi connectivity index (χ4n) is 3.08. The van der Waals surface area contributed by atoms with E-state index in [1.807, 2.05) is 36.6 Å². The van der Waals surface area contributed by atoms with E-state index in [1.54, 1.807) is 38.5 Å². The van der Waals surface area contributed by atoms with Crippen LogP contribution in [0.15, 0.2) is 53.9 Å². The first-order valence-corrected chi connectivity index (χ1v) is 10.8. The number of thiazole rings is 1. The average molecular weight is 452 g/mol. The largest absolute Gasteiger partial charge is 0.497 e. The number of aromatic nitrogens is 1. The molecule has 7 nitrogen and oxygen atoms in total. The Bertz CT molecular complexity index is 1120. The van der Waals surface area contributed by atoms with Gasteiger partial charge in [0.15, 0.2) is 5.13 Å². The van der Waals surface area contributed by atoms with Crippen LogP contribution in [0.1, 0.15) is 31.0 Å². The third kappa shape index (κ3) is 5.95.